The smallest absolute Gasteiger partial charge is 0.209 e. The van der Waals surface area contributed by atoms with E-state index in [1.165, 1.54) is 0 Å². The van der Waals surface area contributed by atoms with Crippen molar-refractivity contribution >= 4 is 10.9 Å². The van der Waals surface area contributed by atoms with E-state index in [1.54, 1.807) is 6.20 Å². The molecule has 0 amide bonds. The van der Waals surface area contributed by atoms with Crippen molar-refractivity contribution in [3.05, 3.63) is 12.3 Å². The minimum atomic E-state index is 0.464. The fraction of sp³-hybridized carbons (Fsp3) is 0.571. The molecule has 0 aliphatic rings. The highest BCUT2D eigenvalue weighted by atomic mass is 32.2. The Bertz CT molecular complexity index is 186. The Hall–Kier alpha value is -0.640. The van der Waals surface area contributed by atoms with Crippen molar-refractivity contribution in [1.82, 2.24) is 10.2 Å². The molecule has 0 spiro atoms. The highest BCUT2D eigenvalue weighted by Crippen LogP contribution is 2.01. The van der Waals surface area contributed by atoms with E-state index < -0.39 is 0 Å². The van der Waals surface area contributed by atoms with E-state index in [2.05, 4.69) is 22.7 Å². The zero-order valence-corrected chi connectivity index (χ0v) is 7.65. The van der Waals surface area contributed by atoms with Gasteiger partial charge in [-0.3, -0.25) is 0 Å². The Morgan fingerprint density at radius 2 is 2.45 bits per heavy atom. The summed E-state index contributed by atoms with van der Waals surface area (Å²) in [6.07, 6.45) is 6.10. The third-order valence-corrected chi connectivity index (χ3v) is 2.21. The molecular formula is C7H13N2OS+. The van der Waals surface area contributed by atoms with Crippen molar-refractivity contribution in [3.8, 4) is 5.88 Å². The lowest BCUT2D eigenvalue weighted by atomic mass is 10.7. The molecule has 1 heterocycles. The molecule has 0 aliphatic heterocycles. The van der Waals surface area contributed by atoms with Crippen LogP contribution in [0.15, 0.2) is 12.3 Å². The topological polar surface area (TPSA) is 37.9 Å². The molecule has 0 saturated carbocycles. The van der Waals surface area contributed by atoms with Crippen LogP contribution in [0.1, 0.15) is 0 Å². The van der Waals surface area contributed by atoms with Gasteiger partial charge in [-0.25, -0.2) is 5.10 Å². The third kappa shape index (κ3) is 3.32. The second-order valence-corrected chi connectivity index (χ2v) is 4.84. The first-order valence-corrected chi connectivity index (χ1v) is 5.66. The van der Waals surface area contributed by atoms with Crippen LogP contribution in [0.5, 0.6) is 5.88 Å². The quantitative estimate of drug-likeness (QED) is 0.679. The first-order chi connectivity index (χ1) is 5.29. The van der Waals surface area contributed by atoms with Gasteiger partial charge in [0.05, 0.1) is 18.7 Å². The molecule has 0 unspecified atom stereocenters. The number of aromatic amines is 1. The van der Waals surface area contributed by atoms with E-state index in [0.29, 0.717) is 10.9 Å². The second kappa shape index (κ2) is 4.28. The number of ether oxygens (including phenoxy) is 1. The number of H-pyrrole nitrogens is 1. The fourth-order valence-electron chi connectivity index (χ4n) is 0.642. The molecule has 0 aliphatic carbocycles. The summed E-state index contributed by atoms with van der Waals surface area (Å²) in [6, 6.07) is 1.82. The van der Waals surface area contributed by atoms with Crippen molar-refractivity contribution in [2.45, 2.75) is 0 Å². The minimum Gasteiger partial charge on any atom is -0.473 e. The number of nitrogens with zero attached hydrogens (tertiary/aromatic N) is 1. The van der Waals surface area contributed by atoms with Gasteiger partial charge in [0.15, 0.2) is 0 Å². The van der Waals surface area contributed by atoms with Crippen molar-refractivity contribution in [3.63, 3.8) is 0 Å². The third-order valence-electron chi connectivity index (χ3n) is 1.22. The van der Waals surface area contributed by atoms with Crippen LogP contribution < -0.4 is 4.74 Å². The van der Waals surface area contributed by atoms with Crippen LogP contribution in [0.25, 0.3) is 0 Å². The molecule has 0 atom stereocenters. The summed E-state index contributed by atoms with van der Waals surface area (Å²) in [4.78, 5) is 0. The average Bonchev–Trinajstić information content (AvgIpc) is 2.39. The van der Waals surface area contributed by atoms with Gasteiger partial charge in [0, 0.05) is 6.07 Å². The zero-order chi connectivity index (χ0) is 8.10. The molecule has 3 nitrogen and oxygen atoms in total. The number of rotatable bonds is 4. The maximum absolute atomic E-state index is 5.35. The standard InChI is InChI=1S/C7H13N2OS/c1-11(2)6-5-10-7-3-4-8-9-7/h3-4H,5-6H2,1-2H3,(H,8,9)/q+1. The van der Waals surface area contributed by atoms with Gasteiger partial charge in [-0.1, -0.05) is 0 Å². The maximum Gasteiger partial charge on any atom is 0.209 e. The van der Waals surface area contributed by atoms with Crippen LogP contribution in [0, 0.1) is 0 Å². The van der Waals surface area contributed by atoms with Crippen molar-refractivity contribution in [2.75, 3.05) is 24.9 Å². The van der Waals surface area contributed by atoms with Gasteiger partial charge in [0.25, 0.3) is 0 Å². The SMILES string of the molecule is C[S+](C)CCOc1ccn[nH]1. The van der Waals surface area contributed by atoms with E-state index in [-0.39, 0.29) is 0 Å². The van der Waals surface area contributed by atoms with E-state index >= 15 is 0 Å². The number of aromatic nitrogens is 2. The molecule has 1 rings (SSSR count). The van der Waals surface area contributed by atoms with E-state index in [9.17, 15) is 0 Å². The summed E-state index contributed by atoms with van der Waals surface area (Å²) >= 11 is 0. The van der Waals surface area contributed by atoms with Gasteiger partial charge in [-0.2, -0.15) is 5.10 Å². The van der Waals surface area contributed by atoms with Crippen molar-refractivity contribution in [2.24, 2.45) is 0 Å². The molecule has 4 heteroatoms. The monoisotopic (exact) mass is 173 g/mol. The van der Waals surface area contributed by atoms with Crippen LogP contribution in [0.4, 0.5) is 0 Å². The van der Waals surface area contributed by atoms with E-state index in [0.717, 1.165) is 18.2 Å². The Balaban J connectivity index is 2.14. The van der Waals surface area contributed by atoms with Crippen molar-refractivity contribution in [1.29, 1.82) is 0 Å². The Labute approximate surface area is 69.5 Å². The first kappa shape index (κ1) is 8.46. The highest BCUT2D eigenvalue weighted by Gasteiger charge is 2.02. The summed E-state index contributed by atoms with van der Waals surface area (Å²) in [5.74, 6) is 1.87. The molecule has 0 radical (unpaired) electrons. The molecule has 62 valence electrons. The molecule has 11 heavy (non-hydrogen) atoms. The lowest BCUT2D eigenvalue weighted by Gasteiger charge is -1.99. The summed E-state index contributed by atoms with van der Waals surface area (Å²) in [7, 11) is 0.464. The molecule has 1 aromatic rings. The van der Waals surface area contributed by atoms with E-state index in [1.807, 2.05) is 6.07 Å². The number of nitrogens with one attached hydrogen (secondary N) is 1. The fourth-order valence-corrected chi connectivity index (χ4v) is 1.06. The average molecular weight is 173 g/mol. The first-order valence-electron chi connectivity index (χ1n) is 3.45. The normalized spacial score (nSPS) is 10.5. The summed E-state index contributed by atoms with van der Waals surface area (Å²) in [6.45, 7) is 0.776. The van der Waals surface area contributed by atoms with Crippen molar-refractivity contribution < 1.29 is 4.74 Å². The molecule has 1 N–H and O–H groups in total. The minimum absolute atomic E-state index is 0.464. The largest absolute Gasteiger partial charge is 0.473 e. The number of hydrogen-bond acceptors (Lipinski definition) is 2. The summed E-state index contributed by atoms with van der Waals surface area (Å²) in [5, 5.41) is 6.51. The highest BCUT2D eigenvalue weighted by molar-refractivity contribution is 7.95. The molecule has 0 bridgehead atoms. The summed E-state index contributed by atoms with van der Waals surface area (Å²) in [5.41, 5.74) is 0. The predicted molar refractivity (Wildman–Crippen MR) is 48.2 cm³/mol. The molecule has 0 saturated heterocycles. The molecular weight excluding hydrogens is 160 g/mol. The van der Waals surface area contributed by atoms with Crippen LogP contribution in [-0.4, -0.2) is 35.1 Å². The van der Waals surface area contributed by atoms with Gasteiger partial charge in [0.2, 0.25) is 5.88 Å². The lowest BCUT2D eigenvalue weighted by molar-refractivity contribution is 0.329. The van der Waals surface area contributed by atoms with Crippen LogP contribution in [0.2, 0.25) is 0 Å². The van der Waals surface area contributed by atoms with Gasteiger partial charge < -0.3 is 4.74 Å². The predicted octanol–water partition coefficient (Wildman–Crippen LogP) is 0.666. The van der Waals surface area contributed by atoms with E-state index in [4.69, 9.17) is 4.74 Å². The summed E-state index contributed by atoms with van der Waals surface area (Å²) < 4.78 is 5.35. The van der Waals surface area contributed by atoms with Crippen LogP contribution in [0.3, 0.4) is 0 Å². The van der Waals surface area contributed by atoms with Crippen LogP contribution >= 0.6 is 0 Å². The zero-order valence-electron chi connectivity index (χ0n) is 6.83. The second-order valence-electron chi connectivity index (χ2n) is 2.46. The Morgan fingerprint density at radius 1 is 1.64 bits per heavy atom. The van der Waals surface area contributed by atoms with Gasteiger partial charge in [-0.05, 0) is 10.9 Å². The Morgan fingerprint density at radius 3 is 3.00 bits per heavy atom. The van der Waals surface area contributed by atoms with Crippen LogP contribution in [-0.2, 0) is 10.9 Å². The number of hydrogen-bond donors (Lipinski definition) is 1. The lowest BCUT2D eigenvalue weighted by Crippen LogP contribution is -2.11. The van der Waals surface area contributed by atoms with Gasteiger partial charge in [-0.15, -0.1) is 0 Å². The molecule has 0 fully saturated rings. The Kier molecular flexibility index (Phi) is 3.29. The van der Waals surface area contributed by atoms with Gasteiger partial charge in [0.1, 0.15) is 12.4 Å². The van der Waals surface area contributed by atoms with Gasteiger partial charge >= 0.3 is 0 Å². The molecule has 0 aromatic carbocycles. The maximum atomic E-state index is 5.35. The molecule has 1 aromatic heterocycles.